The third kappa shape index (κ3) is 1.17. The number of aromatic nitrogens is 2. The van der Waals surface area contributed by atoms with Crippen LogP contribution in [0.15, 0.2) is 5.16 Å². The highest BCUT2D eigenvalue weighted by molar-refractivity contribution is 7.98. The van der Waals surface area contributed by atoms with Crippen molar-refractivity contribution in [2.75, 3.05) is 12.0 Å². The van der Waals surface area contributed by atoms with Crippen LogP contribution in [0.1, 0.15) is 5.69 Å². The Balaban J connectivity index is 3.28. The smallest absolute Gasteiger partial charge is 0.170 e. The number of anilines is 1. The van der Waals surface area contributed by atoms with Gasteiger partial charge in [0.15, 0.2) is 16.7 Å². The van der Waals surface area contributed by atoms with Crippen LogP contribution in [-0.4, -0.2) is 15.8 Å². The monoisotopic (exact) mass is 168 g/mol. The number of hydrogen-bond acceptors (Lipinski definition) is 4. The van der Waals surface area contributed by atoms with Gasteiger partial charge in [-0.1, -0.05) is 11.8 Å². The molecule has 5 heteroatoms. The van der Waals surface area contributed by atoms with Crippen LogP contribution in [0.2, 0.25) is 0 Å². The Morgan fingerprint density at radius 2 is 2.36 bits per heavy atom. The van der Waals surface area contributed by atoms with Gasteiger partial charge in [-0.25, -0.2) is 4.98 Å². The van der Waals surface area contributed by atoms with E-state index in [4.69, 9.17) is 11.0 Å². The van der Waals surface area contributed by atoms with Crippen LogP contribution in [0.25, 0.3) is 0 Å². The van der Waals surface area contributed by atoms with Crippen LogP contribution in [0.3, 0.4) is 0 Å². The lowest BCUT2D eigenvalue weighted by Gasteiger charge is -1.94. The third-order valence-electron chi connectivity index (χ3n) is 1.37. The molecule has 0 bridgehead atoms. The number of nitriles is 1. The van der Waals surface area contributed by atoms with Crippen LogP contribution in [0.4, 0.5) is 5.82 Å². The highest BCUT2D eigenvalue weighted by Gasteiger charge is 2.09. The van der Waals surface area contributed by atoms with E-state index in [9.17, 15) is 0 Å². The summed E-state index contributed by atoms with van der Waals surface area (Å²) in [6.07, 6.45) is 1.89. The molecule has 58 valence electrons. The van der Waals surface area contributed by atoms with Crippen molar-refractivity contribution < 1.29 is 0 Å². The fourth-order valence-corrected chi connectivity index (χ4v) is 1.37. The van der Waals surface area contributed by atoms with Crippen molar-refractivity contribution in [2.45, 2.75) is 5.16 Å². The van der Waals surface area contributed by atoms with Crippen LogP contribution >= 0.6 is 11.8 Å². The molecule has 1 heterocycles. The zero-order chi connectivity index (χ0) is 8.43. The van der Waals surface area contributed by atoms with E-state index < -0.39 is 0 Å². The summed E-state index contributed by atoms with van der Waals surface area (Å²) >= 11 is 1.47. The summed E-state index contributed by atoms with van der Waals surface area (Å²) in [6, 6.07) is 1.98. The number of nitrogens with zero attached hydrogens (tertiary/aromatic N) is 3. The quantitative estimate of drug-likeness (QED) is 0.623. The van der Waals surface area contributed by atoms with Gasteiger partial charge in [-0.05, 0) is 6.26 Å². The Morgan fingerprint density at radius 1 is 1.73 bits per heavy atom. The van der Waals surface area contributed by atoms with Crippen molar-refractivity contribution in [2.24, 2.45) is 7.05 Å². The van der Waals surface area contributed by atoms with E-state index in [0.717, 1.165) is 5.16 Å². The van der Waals surface area contributed by atoms with Gasteiger partial charge >= 0.3 is 0 Å². The molecule has 0 saturated carbocycles. The lowest BCUT2D eigenvalue weighted by Crippen LogP contribution is -1.94. The topological polar surface area (TPSA) is 67.6 Å². The molecule has 0 aromatic carbocycles. The minimum atomic E-state index is 0.305. The molecule has 1 aromatic rings. The lowest BCUT2D eigenvalue weighted by atomic mass is 10.5. The summed E-state index contributed by atoms with van der Waals surface area (Å²) < 4.78 is 1.68. The van der Waals surface area contributed by atoms with Crippen molar-refractivity contribution >= 4 is 17.6 Å². The number of thioether (sulfide) groups is 1. The van der Waals surface area contributed by atoms with Crippen LogP contribution in [-0.2, 0) is 7.05 Å². The molecule has 0 spiro atoms. The Kier molecular flexibility index (Phi) is 2.06. The van der Waals surface area contributed by atoms with Crippen LogP contribution < -0.4 is 5.73 Å². The minimum Gasteiger partial charge on any atom is -0.381 e. The molecule has 1 rings (SSSR count). The molecule has 0 aliphatic carbocycles. The van der Waals surface area contributed by atoms with Crippen molar-refractivity contribution in [3.05, 3.63) is 5.69 Å². The first-order valence-corrected chi connectivity index (χ1v) is 4.19. The fourth-order valence-electron chi connectivity index (χ4n) is 0.813. The molecule has 0 unspecified atom stereocenters. The van der Waals surface area contributed by atoms with Crippen molar-refractivity contribution in [3.8, 4) is 6.07 Å². The first-order valence-electron chi connectivity index (χ1n) is 2.97. The van der Waals surface area contributed by atoms with Gasteiger partial charge in [0.2, 0.25) is 0 Å². The first-order chi connectivity index (χ1) is 5.20. The lowest BCUT2D eigenvalue weighted by molar-refractivity contribution is 0.781. The van der Waals surface area contributed by atoms with Gasteiger partial charge in [0.05, 0.1) is 0 Å². The second-order valence-corrected chi connectivity index (χ2v) is 2.78. The van der Waals surface area contributed by atoms with Crippen molar-refractivity contribution in [3.63, 3.8) is 0 Å². The first kappa shape index (κ1) is 7.95. The average molecular weight is 168 g/mol. The Bertz CT molecular complexity index is 309. The van der Waals surface area contributed by atoms with E-state index in [1.807, 2.05) is 12.3 Å². The molecule has 4 nitrogen and oxygen atoms in total. The Labute approximate surface area is 69.0 Å². The van der Waals surface area contributed by atoms with Gasteiger partial charge in [-0.2, -0.15) is 5.26 Å². The fraction of sp³-hybridized carbons (Fsp3) is 0.333. The standard InChI is InChI=1S/C6H8N4S/c1-10-4(3-7)5(8)9-6(10)11-2/h8H2,1-2H3. The van der Waals surface area contributed by atoms with E-state index in [1.165, 1.54) is 11.8 Å². The summed E-state index contributed by atoms with van der Waals surface area (Å²) in [5.74, 6) is 0.305. The molecular formula is C6H8N4S. The van der Waals surface area contributed by atoms with Crippen molar-refractivity contribution in [1.82, 2.24) is 9.55 Å². The summed E-state index contributed by atoms with van der Waals surface area (Å²) in [5.41, 5.74) is 5.89. The van der Waals surface area contributed by atoms with Crippen molar-refractivity contribution in [1.29, 1.82) is 5.26 Å². The van der Waals surface area contributed by atoms with Crippen LogP contribution in [0, 0.1) is 11.3 Å². The van der Waals surface area contributed by atoms with Crippen LogP contribution in [0.5, 0.6) is 0 Å². The molecular weight excluding hydrogens is 160 g/mol. The molecule has 0 radical (unpaired) electrons. The molecule has 0 aliphatic heterocycles. The Morgan fingerprint density at radius 3 is 2.64 bits per heavy atom. The molecule has 0 amide bonds. The number of hydrogen-bond donors (Lipinski definition) is 1. The number of nitrogen functional groups attached to an aromatic ring is 1. The second-order valence-electron chi connectivity index (χ2n) is 2.00. The molecule has 0 atom stereocenters. The SMILES string of the molecule is CSc1nc(N)c(C#N)n1C. The molecule has 0 aliphatic rings. The van der Waals surface area contributed by atoms with E-state index in [0.29, 0.717) is 11.5 Å². The molecule has 11 heavy (non-hydrogen) atoms. The largest absolute Gasteiger partial charge is 0.381 e. The van der Waals surface area contributed by atoms with Gasteiger partial charge in [-0.15, -0.1) is 0 Å². The van der Waals surface area contributed by atoms with E-state index in [-0.39, 0.29) is 0 Å². The average Bonchev–Trinajstić information content (AvgIpc) is 2.26. The Hall–Kier alpha value is -1.15. The zero-order valence-electron chi connectivity index (χ0n) is 6.33. The van der Waals surface area contributed by atoms with E-state index in [2.05, 4.69) is 4.98 Å². The molecule has 1 aromatic heterocycles. The van der Waals surface area contributed by atoms with Gasteiger partial charge < -0.3 is 10.3 Å². The molecule has 0 fully saturated rings. The second kappa shape index (κ2) is 2.84. The van der Waals surface area contributed by atoms with Gasteiger partial charge in [-0.3, -0.25) is 0 Å². The molecule has 0 saturated heterocycles. The van der Waals surface area contributed by atoms with E-state index >= 15 is 0 Å². The maximum atomic E-state index is 8.61. The van der Waals surface area contributed by atoms with Gasteiger partial charge in [0.25, 0.3) is 0 Å². The number of nitrogens with two attached hydrogens (primary N) is 1. The normalized spacial score (nSPS) is 9.55. The van der Waals surface area contributed by atoms with Gasteiger partial charge in [0, 0.05) is 7.05 Å². The highest BCUT2D eigenvalue weighted by Crippen LogP contribution is 2.18. The predicted molar refractivity (Wildman–Crippen MR) is 44.1 cm³/mol. The van der Waals surface area contributed by atoms with Gasteiger partial charge in [0.1, 0.15) is 6.07 Å². The zero-order valence-corrected chi connectivity index (χ0v) is 7.14. The van der Waals surface area contributed by atoms with E-state index in [1.54, 1.807) is 11.6 Å². The highest BCUT2D eigenvalue weighted by atomic mass is 32.2. The minimum absolute atomic E-state index is 0.305. The number of imidazole rings is 1. The third-order valence-corrected chi connectivity index (χ3v) is 2.10. The molecule has 2 N–H and O–H groups in total. The maximum absolute atomic E-state index is 8.61. The summed E-state index contributed by atoms with van der Waals surface area (Å²) in [5, 5.41) is 9.37. The summed E-state index contributed by atoms with van der Waals surface area (Å²) in [6.45, 7) is 0. The summed E-state index contributed by atoms with van der Waals surface area (Å²) in [7, 11) is 1.77. The summed E-state index contributed by atoms with van der Waals surface area (Å²) in [4.78, 5) is 3.98. The maximum Gasteiger partial charge on any atom is 0.170 e. The number of rotatable bonds is 1. The predicted octanol–water partition coefficient (Wildman–Crippen LogP) is 0.596.